The van der Waals surface area contributed by atoms with Crippen molar-refractivity contribution in [3.05, 3.63) is 0 Å². The summed E-state index contributed by atoms with van der Waals surface area (Å²) < 4.78 is -1.56. The van der Waals surface area contributed by atoms with Crippen LogP contribution in [0.3, 0.4) is 0 Å². The molecule has 0 rings (SSSR count). The van der Waals surface area contributed by atoms with Gasteiger partial charge in [0.05, 0.1) is 0 Å². The highest BCUT2D eigenvalue weighted by atomic mass is 35.6. The first kappa shape index (κ1) is 23.3. The van der Waals surface area contributed by atoms with E-state index in [-0.39, 0.29) is 5.84 Å². The molecule has 0 aromatic heterocycles. The molecular formula is C18H35Cl3N2. The van der Waals surface area contributed by atoms with Gasteiger partial charge in [0.15, 0.2) is 0 Å². The third-order valence-corrected chi connectivity index (χ3v) is 4.67. The van der Waals surface area contributed by atoms with Crippen molar-refractivity contribution in [2.45, 2.75) is 101 Å². The molecule has 0 heterocycles. The lowest BCUT2D eigenvalue weighted by Gasteiger charge is -2.09. The number of rotatable bonds is 15. The van der Waals surface area contributed by atoms with E-state index in [0.29, 0.717) is 6.54 Å². The molecule has 0 radical (unpaired) electrons. The topological polar surface area (TPSA) is 38.4 Å². The summed E-state index contributed by atoms with van der Waals surface area (Å²) >= 11 is 16.9. The predicted molar refractivity (Wildman–Crippen MR) is 107 cm³/mol. The Balaban J connectivity index is 3.20. The summed E-state index contributed by atoms with van der Waals surface area (Å²) in [4.78, 5) is 4.09. The Kier molecular flexibility index (Phi) is 16.1. The fourth-order valence-corrected chi connectivity index (χ4v) is 2.77. The number of amidine groups is 1. The lowest BCUT2D eigenvalue weighted by Crippen LogP contribution is -2.28. The average molecular weight is 386 g/mol. The van der Waals surface area contributed by atoms with E-state index in [0.717, 1.165) is 6.42 Å². The second-order valence-corrected chi connectivity index (χ2v) is 8.64. The van der Waals surface area contributed by atoms with Crippen molar-refractivity contribution in [2.24, 2.45) is 10.7 Å². The standard InChI is InChI=1S/C18H35Cl3N2/c1-2-3-4-5-6-7-8-9-10-11-12-13-14-15-16-23-17(22)18(19,20)21/h2-16H2,1H3,(H2,22,23). The largest absolute Gasteiger partial charge is 0.384 e. The van der Waals surface area contributed by atoms with E-state index in [9.17, 15) is 0 Å². The van der Waals surface area contributed by atoms with Crippen molar-refractivity contribution in [1.82, 2.24) is 0 Å². The van der Waals surface area contributed by atoms with Crippen LogP contribution >= 0.6 is 34.8 Å². The summed E-state index contributed by atoms with van der Waals surface area (Å²) in [6.07, 6.45) is 18.8. The minimum absolute atomic E-state index is 0.0946. The van der Waals surface area contributed by atoms with Gasteiger partial charge in [-0.25, -0.2) is 0 Å². The summed E-state index contributed by atoms with van der Waals surface area (Å²) in [7, 11) is 0. The Morgan fingerprint density at radius 2 is 1.04 bits per heavy atom. The fourth-order valence-electron chi connectivity index (χ4n) is 2.60. The first-order chi connectivity index (χ1) is 11.0. The number of nitrogens with zero attached hydrogens (tertiary/aromatic N) is 1. The van der Waals surface area contributed by atoms with Crippen LogP contribution in [-0.2, 0) is 0 Å². The van der Waals surface area contributed by atoms with E-state index in [1.54, 1.807) is 0 Å². The van der Waals surface area contributed by atoms with Gasteiger partial charge in [0.2, 0.25) is 3.79 Å². The highest BCUT2D eigenvalue weighted by Crippen LogP contribution is 2.25. The second-order valence-electron chi connectivity index (χ2n) is 6.36. The third-order valence-electron chi connectivity index (χ3n) is 4.08. The minimum Gasteiger partial charge on any atom is -0.384 e. The Labute approximate surface area is 158 Å². The van der Waals surface area contributed by atoms with Crippen molar-refractivity contribution >= 4 is 40.6 Å². The van der Waals surface area contributed by atoms with Gasteiger partial charge in [0, 0.05) is 6.54 Å². The van der Waals surface area contributed by atoms with Crippen LogP contribution in [0.25, 0.3) is 0 Å². The summed E-state index contributed by atoms with van der Waals surface area (Å²) in [5.74, 6) is 0.0946. The molecule has 0 unspecified atom stereocenters. The molecule has 0 aliphatic carbocycles. The number of unbranched alkanes of at least 4 members (excludes halogenated alkanes) is 13. The van der Waals surface area contributed by atoms with E-state index >= 15 is 0 Å². The molecule has 0 fully saturated rings. The summed E-state index contributed by atoms with van der Waals surface area (Å²) in [5, 5.41) is 0. The van der Waals surface area contributed by atoms with Crippen LogP contribution < -0.4 is 5.73 Å². The monoisotopic (exact) mass is 384 g/mol. The molecule has 0 spiro atoms. The summed E-state index contributed by atoms with van der Waals surface area (Å²) in [5.41, 5.74) is 5.56. The molecule has 138 valence electrons. The lowest BCUT2D eigenvalue weighted by atomic mass is 10.0. The molecule has 0 saturated carbocycles. The maximum Gasteiger partial charge on any atom is 0.247 e. The molecular weight excluding hydrogens is 351 g/mol. The van der Waals surface area contributed by atoms with E-state index < -0.39 is 3.79 Å². The number of halogens is 3. The van der Waals surface area contributed by atoms with Gasteiger partial charge in [-0.15, -0.1) is 0 Å². The number of nitrogens with two attached hydrogens (primary N) is 1. The minimum atomic E-state index is -1.56. The molecule has 0 saturated heterocycles. The first-order valence-electron chi connectivity index (χ1n) is 9.35. The van der Waals surface area contributed by atoms with Crippen molar-refractivity contribution in [3.8, 4) is 0 Å². The van der Waals surface area contributed by atoms with E-state index in [1.165, 1.54) is 83.5 Å². The molecule has 0 aromatic carbocycles. The van der Waals surface area contributed by atoms with Crippen LogP contribution in [0.4, 0.5) is 0 Å². The highest BCUT2D eigenvalue weighted by Gasteiger charge is 2.24. The molecule has 2 N–H and O–H groups in total. The highest BCUT2D eigenvalue weighted by molar-refractivity contribution is 6.76. The van der Waals surface area contributed by atoms with Crippen LogP contribution in [0.15, 0.2) is 4.99 Å². The zero-order chi connectivity index (χ0) is 17.4. The van der Waals surface area contributed by atoms with E-state index in [4.69, 9.17) is 40.5 Å². The van der Waals surface area contributed by atoms with E-state index in [1.807, 2.05) is 0 Å². The molecule has 5 heteroatoms. The molecule has 23 heavy (non-hydrogen) atoms. The van der Waals surface area contributed by atoms with Crippen LogP contribution in [0.5, 0.6) is 0 Å². The van der Waals surface area contributed by atoms with Gasteiger partial charge >= 0.3 is 0 Å². The maximum atomic E-state index is 5.62. The molecule has 0 bridgehead atoms. The quantitative estimate of drug-likeness (QED) is 0.138. The zero-order valence-corrected chi connectivity index (χ0v) is 17.0. The molecule has 0 amide bonds. The van der Waals surface area contributed by atoms with Gasteiger partial charge < -0.3 is 5.73 Å². The fraction of sp³-hybridized carbons (Fsp3) is 0.944. The second kappa shape index (κ2) is 15.8. The number of aliphatic imine (C=N–C) groups is 1. The third kappa shape index (κ3) is 17.0. The van der Waals surface area contributed by atoms with Crippen LogP contribution in [0.2, 0.25) is 0 Å². The Hall–Kier alpha value is 0.340. The van der Waals surface area contributed by atoms with Crippen molar-refractivity contribution < 1.29 is 0 Å². The number of hydrogen-bond donors (Lipinski definition) is 1. The van der Waals surface area contributed by atoms with Crippen LogP contribution in [-0.4, -0.2) is 16.2 Å². The summed E-state index contributed by atoms with van der Waals surface area (Å²) in [6, 6.07) is 0. The van der Waals surface area contributed by atoms with Gasteiger partial charge in [-0.1, -0.05) is 125 Å². The maximum absolute atomic E-state index is 5.62. The summed E-state index contributed by atoms with van der Waals surface area (Å²) in [6.45, 7) is 2.92. The average Bonchev–Trinajstić information content (AvgIpc) is 2.50. The smallest absolute Gasteiger partial charge is 0.247 e. The molecule has 2 nitrogen and oxygen atoms in total. The molecule has 0 aliphatic heterocycles. The Morgan fingerprint density at radius 1 is 0.696 bits per heavy atom. The van der Waals surface area contributed by atoms with Gasteiger partial charge in [0.25, 0.3) is 0 Å². The molecule has 0 aliphatic rings. The Morgan fingerprint density at radius 3 is 1.39 bits per heavy atom. The van der Waals surface area contributed by atoms with Crippen LogP contribution in [0, 0.1) is 0 Å². The van der Waals surface area contributed by atoms with E-state index in [2.05, 4.69) is 11.9 Å². The number of alkyl halides is 3. The van der Waals surface area contributed by atoms with Crippen molar-refractivity contribution in [1.29, 1.82) is 0 Å². The van der Waals surface area contributed by atoms with Gasteiger partial charge in [0.1, 0.15) is 5.84 Å². The van der Waals surface area contributed by atoms with Crippen LogP contribution in [0.1, 0.15) is 96.8 Å². The number of hydrogen-bond acceptors (Lipinski definition) is 1. The Bertz CT molecular complexity index is 288. The van der Waals surface area contributed by atoms with Gasteiger partial charge in [-0.2, -0.15) is 0 Å². The first-order valence-corrected chi connectivity index (χ1v) is 10.5. The molecule has 0 atom stereocenters. The zero-order valence-electron chi connectivity index (χ0n) is 14.8. The van der Waals surface area contributed by atoms with Gasteiger partial charge in [-0.3, -0.25) is 4.99 Å². The predicted octanol–water partition coefficient (Wildman–Crippen LogP) is 7.20. The lowest BCUT2D eigenvalue weighted by molar-refractivity contribution is 0.536. The normalized spacial score (nSPS) is 12.8. The van der Waals surface area contributed by atoms with Gasteiger partial charge in [-0.05, 0) is 6.42 Å². The SMILES string of the molecule is CCCCCCCCCCCCCCCCN=C(N)C(Cl)(Cl)Cl. The van der Waals surface area contributed by atoms with Crippen molar-refractivity contribution in [2.75, 3.05) is 6.54 Å². The van der Waals surface area contributed by atoms with Crippen molar-refractivity contribution in [3.63, 3.8) is 0 Å². The molecule has 0 aromatic rings.